The van der Waals surface area contributed by atoms with Gasteiger partial charge in [-0.2, -0.15) is 8.78 Å². The van der Waals surface area contributed by atoms with Crippen molar-refractivity contribution in [3.05, 3.63) is 48.3 Å². The summed E-state index contributed by atoms with van der Waals surface area (Å²) in [5, 5.41) is 0. The molecule has 0 atom stereocenters. The second-order valence-electron chi connectivity index (χ2n) is 5.73. The summed E-state index contributed by atoms with van der Waals surface area (Å²) in [4.78, 5) is 20.6. The highest BCUT2D eigenvalue weighted by atomic mass is 19.3. The first-order valence-corrected chi connectivity index (χ1v) is 8.15. The summed E-state index contributed by atoms with van der Waals surface area (Å²) in [6.07, 6.45) is 3.48. The van der Waals surface area contributed by atoms with Gasteiger partial charge < -0.3 is 19.3 Å². The van der Waals surface area contributed by atoms with Crippen molar-refractivity contribution in [1.29, 1.82) is 0 Å². The number of halogens is 2. The lowest BCUT2D eigenvalue weighted by Crippen LogP contribution is -2.48. The highest BCUT2D eigenvalue weighted by Gasteiger charge is 2.23. The predicted molar refractivity (Wildman–Crippen MR) is 92.0 cm³/mol. The molecule has 0 spiro atoms. The monoisotopic (exact) mass is 363 g/mol. The van der Waals surface area contributed by atoms with E-state index < -0.39 is 6.61 Å². The van der Waals surface area contributed by atoms with Gasteiger partial charge in [0.2, 0.25) is 0 Å². The molecule has 6 nitrogen and oxygen atoms in total. The van der Waals surface area contributed by atoms with Gasteiger partial charge in [0.15, 0.2) is 11.5 Å². The zero-order chi connectivity index (χ0) is 18.5. The molecule has 1 saturated heterocycles. The maximum Gasteiger partial charge on any atom is 0.387 e. The maximum absolute atomic E-state index is 12.7. The molecule has 2 aromatic rings. The van der Waals surface area contributed by atoms with Crippen LogP contribution in [-0.2, 0) is 0 Å². The van der Waals surface area contributed by atoms with E-state index in [1.807, 2.05) is 12.1 Å². The number of ether oxygens (including phenoxy) is 2. The van der Waals surface area contributed by atoms with Crippen molar-refractivity contribution in [3.63, 3.8) is 0 Å². The van der Waals surface area contributed by atoms with Crippen LogP contribution in [0.25, 0.3) is 0 Å². The molecule has 0 aliphatic carbocycles. The Morgan fingerprint density at radius 1 is 1.08 bits per heavy atom. The highest BCUT2D eigenvalue weighted by Crippen LogP contribution is 2.30. The molecule has 26 heavy (non-hydrogen) atoms. The van der Waals surface area contributed by atoms with E-state index in [4.69, 9.17) is 4.74 Å². The van der Waals surface area contributed by atoms with Crippen molar-refractivity contribution in [3.8, 4) is 11.5 Å². The fourth-order valence-electron chi connectivity index (χ4n) is 2.90. The number of nitrogens with zero attached hydrogens (tertiary/aromatic N) is 3. The molecule has 1 aliphatic heterocycles. The van der Waals surface area contributed by atoms with Gasteiger partial charge in [-0.25, -0.2) is 0 Å². The molecule has 138 valence electrons. The zero-order valence-corrected chi connectivity index (χ0v) is 14.3. The lowest BCUT2D eigenvalue weighted by Gasteiger charge is -2.36. The van der Waals surface area contributed by atoms with Crippen molar-refractivity contribution in [1.82, 2.24) is 9.88 Å². The molecule has 2 heterocycles. The van der Waals surface area contributed by atoms with Gasteiger partial charge in [0.05, 0.1) is 7.11 Å². The van der Waals surface area contributed by atoms with Gasteiger partial charge in [-0.3, -0.25) is 9.78 Å². The fourth-order valence-corrected chi connectivity index (χ4v) is 2.90. The number of amides is 1. The number of carbonyl (C=O) groups is 1. The van der Waals surface area contributed by atoms with Gasteiger partial charge in [-0.15, -0.1) is 0 Å². The molecule has 0 unspecified atom stereocenters. The molecule has 0 saturated carbocycles. The van der Waals surface area contributed by atoms with Gasteiger partial charge in [0.25, 0.3) is 5.91 Å². The van der Waals surface area contributed by atoms with Gasteiger partial charge in [-0.1, -0.05) is 0 Å². The fraction of sp³-hybridized carbons (Fsp3) is 0.333. The summed E-state index contributed by atoms with van der Waals surface area (Å²) in [7, 11) is 1.34. The van der Waals surface area contributed by atoms with E-state index in [0.717, 1.165) is 5.69 Å². The summed E-state index contributed by atoms with van der Waals surface area (Å²) in [5.74, 6) is -0.158. The van der Waals surface area contributed by atoms with E-state index in [1.54, 1.807) is 17.3 Å². The number of aromatic nitrogens is 1. The Labute approximate surface area is 149 Å². The van der Waals surface area contributed by atoms with E-state index >= 15 is 0 Å². The quantitative estimate of drug-likeness (QED) is 0.818. The molecule has 0 bridgehead atoms. The topological polar surface area (TPSA) is 54.9 Å². The molecular formula is C18H19F2N3O3. The van der Waals surface area contributed by atoms with Crippen LogP contribution in [0.5, 0.6) is 11.5 Å². The van der Waals surface area contributed by atoms with Gasteiger partial charge in [0.1, 0.15) is 0 Å². The number of alkyl halides is 2. The highest BCUT2D eigenvalue weighted by molar-refractivity contribution is 5.95. The summed E-state index contributed by atoms with van der Waals surface area (Å²) < 4.78 is 34.2. The predicted octanol–water partition coefficient (Wildman–Crippen LogP) is 2.65. The second kappa shape index (κ2) is 7.99. The Balaban J connectivity index is 1.66. The number of methoxy groups -OCH3 is 1. The molecular weight excluding hydrogens is 344 g/mol. The van der Waals surface area contributed by atoms with Gasteiger partial charge in [-0.05, 0) is 30.3 Å². The largest absolute Gasteiger partial charge is 0.493 e. The summed E-state index contributed by atoms with van der Waals surface area (Å²) in [6, 6.07) is 8.09. The first-order valence-electron chi connectivity index (χ1n) is 8.15. The number of hydrogen-bond acceptors (Lipinski definition) is 5. The lowest BCUT2D eigenvalue weighted by molar-refractivity contribution is -0.0512. The third-order valence-corrected chi connectivity index (χ3v) is 4.22. The Morgan fingerprint density at radius 2 is 1.77 bits per heavy atom. The minimum atomic E-state index is -2.95. The summed E-state index contributed by atoms with van der Waals surface area (Å²) in [6.45, 7) is -0.400. The van der Waals surface area contributed by atoms with Crippen molar-refractivity contribution in [2.45, 2.75) is 6.61 Å². The SMILES string of the molecule is COc1cc(C(=O)N2CCN(c3ccncc3)CC2)ccc1OC(F)F. The number of hydrogen-bond donors (Lipinski definition) is 0. The standard InChI is InChI=1S/C18H19F2N3O3/c1-25-16-12-13(2-3-15(16)26-18(19)20)17(24)23-10-8-22(9-11-23)14-4-6-21-7-5-14/h2-7,12,18H,8-11H2,1H3. The van der Waals surface area contributed by atoms with Crippen LogP contribution in [0.15, 0.2) is 42.7 Å². The summed E-state index contributed by atoms with van der Waals surface area (Å²) in [5.41, 5.74) is 1.45. The second-order valence-corrected chi connectivity index (χ2v) is 5.73. The third kappa shape index (κ3) is 4.01. The van der Waals surface area contributed by atoms with Crippen molar-refractivity contribution >= 4 is 11.6 Å². The molecule has 3 rings (SSSR count). The maximum atomic E-state index is 12.7. The van der Waals surface area contributed by atoms with Crippen molar-refractivity contribution in [2.24, 2.45) is 0 Å². The molecule has 0 radical (unpaired) electrons. The minimum Gasteiger partial charge on any atom is -0.493 e. The molecule has 1 aromatic heterocycles. The van der Waals surface area contributed by atoms with E-state index in [1.165, 1.54) is 25.3 Å². The number of rotatable bonds is 5. The molecule has 1 amide bonds. The zero-order valence-electron chi connectivity index (χ0n) is 14.3. The average molecular weight is 363 g/mol. The Bertz CT molecular complexity index is 751. The number of piperazine rings is 1. The van der Waals surface area contributed by atoms with Crippen LogP contribution in [-0.4, -0.2) is 55.7 Å². The van der Waals surface area contributed by atoms with Crippen LogP contribution in [0.3, 0.4) is 0 Å². The van der Waals surface area contributed by atoms with E-state index in [9.17, 15) is 13.6 Å². The van der Waals surface area contributed by atoms with Crippen LogP contribution in [0, 0.1) is 0 Å². The molecule has 1 aromatic carbocycles. The van der Waals surface area contributed by atoms with Crippen molar-refractivity contribution in [2.75, 3.05) is 38.2 Å². The number of anilines is 1. The Morgan fingerprint density at radius 3 is 2.38 bits per heavy atom. The summed E-state index contributed by atoms with van der Waals surface area (Å²) >= 11 is 0. The first-order chi connectivity index (χ1) is 12.6. The Kier molecular flexibility index (Phi) is 5.50. The van der Waals surface area contributed by atoms with Crippen LogP contribution in [0.2, 0.25) is 0 Å². The smallest absolute Gasteiger partial charge is 0.387 e. The molecule has 1 aliphatic rings. The van der Waals surface area contributed by atoms with Crippen LogP contribution in [0.4, 0.5) is 14.5 Å². The third-order valence-electron chi connectivity index (χ3n) is 4.22. The first kappa shape index (κ1) is 17.9. The minimum absolute atomic E-state index is 0.0958. The normalized spacial score (nSPS) is 14.5. The average Bonchev–Trinajstić information content (AvgIpc) is 2.68. The number of benzene rings is 1. The van der Waals surface area contributed by atoms with Gasteiger partial charge in [0, 0.05) is 49.8 Å². The van der Waals surface area contributed by atoms with Gasteiger partial charge >= 0.3 is 6.61 Å². The molecule has 1 fully saturated rings. The van der Waals surface area contributed by atoms with Crippen LogP contribution in [0.1, 0.15) is 10.4 Å². The van der Waals surface area contributed by atoms with Crippen LogP contribution < -0.4 is 14.4 Å². The van der Waals surface area contributed by atoms with E-state index in [-0.39, 0.29) is 17.4 Å². The Hall–Kier alpha value is -2.90. The lowest BCUT2D eigenvalue weighted by atomic mass is 10.1. The molecule has 0 N–H and O–H groups in total. The van der Waals surface area contributed by atoms with E-state index in [0.29, 0.717) is 31.7 Å². The number of carbonyl (C=O) groups excluding carboxylic acids is 1. The van der Waals surface area contributed by atoms with Crippen molar-refractivity contribution < 1.29 is 23.0 Å². The van der Waals surface area contributed by atoms with E-state index in [2.05, 4.69) is 14.6 Å². The molecule has 8 heteroatoms. The number of pyridine rings is 1. The van der Waals surface area contributed by atoms with Crippen LogP contribution >= 0.6 is 0 Å².